The molecule has 0 aliphatic carbocycles. The first-order chi connectivity index (χ1) is 10.2. The fourth-order valence-corrected chi connectivity index (χ4v) is 2.13. The maximum atomic E-state index is 12.0. The van der Waals surface area contributed by atoms with Crippen LogP contribution in [-0.4, -0.2) is 28.8 Å². The van der Waals surface area contributed by atoms with Crippen molar-refractivity contribution in [1.29, 1.82) is 0 Å². The van der Waals surface area contributed by atoms with Gasteiger partial charge in [-0.2, -0.15) is 0 Å². The van der Waals surface area contributed by atoms with Crippen LogP contribution in [0.1, 0.15) is 16.2 Å². The molecule has 0 atom stereocenters. The third-order valence-electron chi connectivity index (χ3n) is 3.04. The number of hydrogen-bond donors (Lipinski definition) is 0. The largest absolute Gasteiger partial charge is 0.482 e. The standard InChI is InChI=1S/C14H10ClN3O3/c15-10-4-16-13(17-5-10)6-18-11-2-1-9(7-19)3-12(11)21-8-14(18)20/h1-5,7H,6,8H2. The first kappa shape index (κ1) is 13.5. The van der Waals surface area contributed by atoms with Crippen LogP contribution < -0.4 is 9.64 Å². The van der Waals surface area contributed by atoms with Gasteiger partial charge in [0.2, 0.25) is 0 Å². The molecular formula is C14H10ClN3O3. The monoisotopic (exact) mass is 303 g/mol. The Bertz CT molecular complexity index is 703. The number of amides is 1. The minimum atomic E-state index is -0.195. The lowest BCUT2D eigenvalue weighted by Gasteiger charge is -2.28. The average molecular weight is 304 g/mol. The molecule has 0 N–H and O–H groups in total. The molecule has 106 valence electrons. The van der Waals surface area contributed by atoms with Crippen molar-refractivity contribution in [3.63, 3.8) is 0 Å². The van der Waals surface area contributed by atoms with E-state index in [1.807, 2.05) is 0 Å². The Balaban J connectivity index is 1.93. The molecule has 2 aromatic rings. The van der Waals surface area contributed by atoms with Gasteiger partial charge in [-0.3, -0.25) is 14.5 Å². The first-order valence-electron chi connectivity index (χ1n) is 6.16. The number of carbonyl (C=O) groups is 2. The molecular weight excluding hydrogens is 294 g/mol. The second-order valence-corrected chi connectivity index (χ2v) is 4.87. The average Bonchev–Trinajstić information content (AvgIpc) is 2.51. The molecule has 1 amide bonds. The van der Waals surface area contributed by atoms with Gasteiger partial charge < -0.3 is 4.74 Å². The number of anilines is 1. The summed E-state index contributed by atoms with van der Waals surface area (Å²) in [4.78, 5) is 32.5. The second kappa shape index (κ2) is 5.49. The molecule has 0 saturated heterocycles. The summed E-state index contributed by atoms with van der Waals surface area (Å²) in [6.45, 7) is 0.135. The van der Waals surface area contributed by atoms with E-state index in [1.54, 1.807) is 18.2 Å². The first-order valence-corrected chi connectivity index (χ1v) is 6.54. The van der Waals surface area contributed by atoms with Crippen molar-refractivity contribution in [2.45, 2.75) is 6.54 Å². The zero-order valence-electron chi connectivity index (χ0n) is 10.8. The van der Waals surface area contributed by atoms with E-state index in [0.717, 1.165) is 6.29 Å². The molecule has 0 fully saturated rings. The number of halogens is 1. The number of aldehydes is 1. The molecule has 1 aliphatic rings. The number of ether oxygens (including phenoxy) is 1. The summed E-state index contributed by atoms with van der Waals surface area (Å²) in [5, 5.41) is 0.433. The second-order valence-electron chi connectivity index (χ2n) is 4.43. The van der Waals surface area contributed by atoms with Gasteiger partial charge in [-0.25, -0.2) is 9.97 Å². The van der Waals surface area contributed by atoms with Gasteiger partial charge in [-0.15, -0.1) is 0 Å². The van der Waals surface area contributed by atoms with E-state index in [2.05, 4.69) is 9.97 Å². The van der Waals surface area contributed by atoms with Crippen LogP contribution >= 0.6 is 11.6 Å². The molecule has 21 heavy (non-hydrogen) atoms. The molecule has 0 unspecified atom stereocenters. The molecule has 0 bridgehead atoms. The van der Waals surface area contributed by atoms with Gasteiger partial charge in [0, 0.05) is 18.0 Å². The Morgan fingerprint density at radius 2 is 2.10 bits per heavy atom. The van der Waals surface area contributed by atoms with Gasteiger partial charge in [0.1, 0.15) is 17.9 Å². The molecule has 0 saturated carbocycles. The van der Waals surface area contributed by atoms with Crippen LogP contribution in [0.2, 0.25) is 5.02 Å². The van der Waals surface area contributed by atoms with Crippen molar-refractivity contribution < 1.29 is 14.3 Å². The lowest BCUT2D eigenvalue weighted by molar-refractivity contribution is -0.121. The minimum Gasteiger partial charge on any atom is -0.482 e. The predicted molar refractivity (Wildman–Crippen MR) is 75.6 cm³/mol. The van der Waals surface area contributed by atoms with Crippen LogP contribution in [0.4, 0.5) is 5.69 Å². The summed E-state index contributed by atoms with van der Waals surface area (Å²) in [7, 11) is 0. The number of aromatic nitrogens is 2. The van der Waals surface area contributed by atoms with Crippen molar-refractivity contribution in [1.82, 2.24) is 9.97 Å². The Morgan fingerprint density at radius 1 is 1.33 bits per heavy atom. The molecule has 1 aliphatic heterocycles. The van der Waals surface area contributed by atoms with Gasteiger partial charge in [0.05, 0.1) is 17.3 Å². The van der Waals surface area contributed by atoms with Gasteiger partial charge in [-0.05, 0) is 18.2 Å². The van der Waals surface area contributed by atoms with Crippen LogP contribution in [-0.2, 0) is 11.3 Å². The molecule has 7 heteroatoms. The van der Waals surface area contributed by atoms with Crippen molar-refractivity contribution in [2.75, 3.05) is 11.5 Å². The third-order valence-corrected chi connectivity index (χ3v) is 3.23. The number of nitrogens with zero attached hydrogens (tertiary/aromatic N) is 3. The predicted octanol–water partition coefficient (Wildman–Crippen LogP) is 1.87. The van der Waals surface area contributed by atoms with Crippen LogP contribution in [0.5, 0.6) is 5.75 Å². The zero-order valence-corrected chi connectivity index (χ0v) is 11.6. The molecule has 1 aromatic heterocycles. The maximum Gasteiger partial charge on any atom is 0.265 e. The van der Waals surface area contributed by atoms with Gasteiger partial charge in [-0.1, -0.05) is 11.6 Å². The summed E-state index contributed by atoms with van der Waals surface area (Å²) < 4.78 is 5.35. The molecule has 0 radical (unpaired) electrons. The Morgan fingerprint density at radius 3 is 2.81 bits per heavy atom. The van der Waals surface area contributed by atoms with E-state index in [1.165, 1.54) is 17.3 Å². The lowest BCUT2D eigenvalue weighted by Crippen LogP contribution is -2.38. The van der Waals surface area contributed by atoms with Gasteiger partial charge in [0.15, 0.2) is 6.61 Å². The zero-order chi connectivity index (χ0) is 14.8. The minimum absolute atomic E-state index is 0.0805. The smallest absolute Gasteiger partial charge is 0.265 e. The highest BCUT2D eigenvalue weighted by Gasteiger charge is 2.26. The van der Waals surface area contributed by atoms with Crippen LogP contribution in [0.25, 0.3) is 0 Å². The van der Waals surface area contributed by atoms with Crippen molar-refractivity contribution in [3.05, 3.63) is 47.0 Å². The summed E-state index contributed by atoms with van der Waals surface area (Å²) in [6.07, 6.45) is 3.68. The van der Waals surface area contributed by atoms with Crippen molar-refractivity contribution in [2.24, 2.45) is 0 Å². The van der Waals surface area contributed by atoms with E-state index in [-0.39, 0.29) is 19.1 Å². The van der Waals surface area contributed by atoms with E-state index in [9.17, 15) is 9.59 Å². The number of benzene rings is 1. The molecule has 3 rings (SSSR count). The third kappa shape index (κ3) is 2.71. The maximum absolute atomic E-state index is 12.0. The van der Waals surface area contributed by atoms with Crippen LogP contribution in [0, 0.1) is 0 Å². The van der Waals surface area contributed by atoms with Gasteiger partial charge in [0.25, 0.3) is 5.91 Å². The highest BCUT2D eigenvalue weighted by atomic mass is 35.5. The number of hydrogen-bond acceptors (Lipinski definition) is 5. The molecule has 1 aromatic carbocycles. The Kier molecular flexibility index (Phi) is 3.53. The number of carbonyl (C=O) groups excluding carboxylic acids is 2. The quantitative estimate of drug-likeness (QED) is 0.809. The molecule has 6 nitrogen and oxygen atoms in total. The summed E-state index contributed by atoms with van der Waals surface area (Å²) >= 11 is 5.74. The SMILES string of the molecule is O=Cc1ccc2c(c1)OCC(=O)N2Cc1ncc(Cl)cn1. The van der Waals surface area contributed by atoms with E-state index in [0.29, 0.717) is 27.8 Å². The lowest BCUT2D eigenvalue weighted by atomic mass is 10.1. The topological polar surface area (TPSA) is 72.4 Å². The number of rotatable bonds is 3. The molecule has 0 spiro atoms. The molecule has 2 heterocycles. The fraction of sp³-hybridized carbons (Fsp3) is 0.143. The van der Waals surface area contributed by atoms with E-state index < -0.39 is 0 Å². The summed E-state index contributed by atoms with van der Waals surface area (Å²) in [6, 6.07) is 4.90. The van der Waals surface area contributed by atoms with Crippen molar-refractivity contribution >= 4 is 29.5 Å². The highest BCUT2D eigenvalue weighted by Crippen LogP contribution is 2.33. The van der Waals surface area contributed by atoms with Crippen LogP contribution in [0.15, 0.2) is 30.6 Å². The normalized spacial score (nSPS) is 13.6. The van der Waals surface area contributed by atoms with Gasteiger partial charge >= 0.3 is 0 Å². The summed E-state index contributed by atoms with van der Waals surface area (Å²) in [5.41, 5.74) is 1.08. The van der Waals surface area contributed by atoms with Crippen molar-refractivity contribution in [3.8, 4) is 5.75 Å². The fourth-order valence-electron chi connectivity index (χ4n) is 2.03. The Labute approximate surface area is 125 Å². The highest BCUT2D eigenvalue weighted by molar-refractivity contribution is 6.30. The van der Waals surface area contributed by atoms with E-state index in [4.69, 9.17) is 16.3 Å². The summed E-state index contributed by atoms with van der Waals surface area (Å²) in [5.74, 6) is 0.771. The Hall–Kier alpha value is -2.47. The number of fused-ring (bicyclic) bond motifs is 1. The van der Waals surface area contributed by atoms with Crippen LogP contribution in [0.3, 0.4) is 0 Å². The van der Waals surface area contributed by atoms with E-state index >= 15 is 0 Å².